The van der Waals surface area contributed by atoms with E-state index in [1.807, 2.05) is 0 Å². The maximum Gasteiger partial charge on any atom is 0.481 e. The number of rotatable bonds is 20. The van der Waals surface area contributed by atoms with Gasteiger partial charge in [0.15, 0.2) is 28.4 Å². The van der Waals surface area contributed by atoms with Crippen LogP contribution in [0, 0.1) is 5.41 Å². The molecule has 2 amide bonds. The third-order valence-electron chi connectivity index (χ3n) is 7.28. The fraction of sp³-hybridized carbons (Fsp3) is 0.625. The Morgan fingerprint density at radius 2 is 1.75 bits per heavy atom. The Bertz CT molecular complexity index is 1790. The van der Waals surface area contributed by atoms with Gasteiger partial charge in [-0.2, -0.15) is 4.31 Å². The van der Waals surface area contributed by atoms with Gasteiger partial charge in [-0.15, -0.1) is 10.9 Å². The molecule has 8 atom stereocenters. The van der Waals surface area contributed by atoms with E-state index >= 15 is 0 Å². The number of carbonyl (C=O) groups is 4. The van der Waals surface area contributed by atoms with Gasteiger partial charge >= 0.3 is 23.5 Å². The molecule has 53 heavy (non-hydrogen) atoms. The summed E-state index contributed by atoms with van der Waals surface area (Å²) in [5.74, 6) is -1.43. The predicted octanol–water partition coefficient (Wildman–Crippen LogP) is -1.86. The molecule has 29 heteroatoms. The highest BCUT2D eigenvalue weighted by Gasteiger charge is 2.50. The van der Waals surface area contributed by atoms with Gasteiger partial charge in [-0.3, -0.25) is 37.3 Å². The third kappa shape index (κ3) is 12.9. The van der Waals surface area contributed by atoms with Crippen molar-refractivity contribution in [2.45, 2.75) is 57.8 Å². The maximum absolute atomic E-state index is 12.6. The van der Waals surface area contributed by atoms with E-state index in [4.69, 9.17) is 19.5 Å². The average molecular weight is 840 g/mol. The molecule has 300 valence electrons. The highest BCUT2D eigenvalue weighted by molar-refractivity contribution is 8.39. The molecule has 1 aliphatic heterocycles. The number of aromatic nitrogens is 4. The van der Waals surface area contributed by atoms with Gasteiger partial charge in [0.1, 0.15) is 36.3 Å². The summed E-state index contributed by atoms with van der Waals surface area (Å²) in [6.45, 7) is 1.48. The molecule has 25 nitrogen and oxygen atoms in total. The number of imidazole rings is 1. The Labute approximate surface area is 302 Å². The first-order chi connectivity index (χ1) is 24.5. The van der Waals surface area contributed by atoms with Crippen LogP contribution in [0.15, 0.2) is 12.7 Å². The predicted molar refractivity (Wildman–Crippen MR) is 181 cm³/mol. The molecule has 0 spiro atoms. The fourth-order valence-corrected chi connectivity index (χ4v) is 8.29. The summed E-state index contributed by atoms with van der Waals surface area (Å²) >= 11 is 0. The van der Waals surface area contributed by atoms with Gasteiger partial charge in [0.2, 0.25) is 11.8 Å². The molecule has 0 bridgehead atoms. The number of carbonyl (C=O) groups excluding carboxylic acids is 4. The number of nitrogens with zero attached hydrogens (tertiary/aromatic N) is 4. The molecule has 1 aliphatic rings. The van der Waals surface area contributed by atoms with Crippen molar-refractivity contribution in [3.63, 3.8) is 0 Å². The largest absolute Gasteiger partial charge is 0.481 e. The van der Waals surface area contributed by atoms with Crippen LogP contribution in [-0.4, -0.2) is 128 Å². The van der Waals surface area contributed by atoms with Crippen LogP contribution in [0.3, 0.4) is 0 Å². The Kier molecular flexibility index (Phi) is 15.4. The van der Waals surface area contributed by atoms with Crippen LogP contribution < -0.4 is 16.4 Å². The van der Waals surface area contributed by atoms with E-state index in [0.717, 1.165) is 17.2 Å². The number of phosphoric ester groups is 3. The lowest BCUT2D eigenvalue weighted by Gasteiger charge is -2.30. The summed E-state index contributed by atoms with van der Waals surface area (Å²) < 4.78 is 61.9. The standard InChI is InChI=1S/C24H40N7O18P3S/c1-13(33)53(12-32)7-6-26-15(34)4-5-27-22(37)19(36)24(2,3)9-46-52(43,44)49-51(41,42)45-8-14-18(48-50(38,39)40)17(35)23(47-14)31-11-30-16-20(25)28-10-29-21(16)31/h10-12,14,17-19,23,35-36,53H,4-9H2,1-3H3,(H,26,34)(H,27,37)(H,41,42)(H,43,44)(H2,25,28,29)(H2,38,39,40)/t14-,17-,18-,19?,23-/m1/s1. The van der Waals surface area contributed by atoms with Crippen LogP contribution in [-0.2, 0) is 55.5 Å². The molecule has 3 heterocycles. The van der Waals surface area contributed by atoms with E-state index in [0.29, 0.717) is 5.62 Å². The van der Waals surface area contributed by atoms with Crippen molar-refractivity contribution in [2.75, 3.05) is 37.8 Å². The van der Waals surface area contributed by atoms with Crippen molar-refractivity contribution in [1.82, 2.24) is 30.2 Å². The second-order valence-corrected chi connectivity index (χ2v) is 18.4. The van der Waals surface area contributed by atoms with Gasteiger partial charge in [0.25, 0.3) is 0 Å². The lowest BCUT2D eigenvalue weighted by atomic mass is 9.87. The zero-order chi connectivity index (χ0) is 39.9. The normalized spacial score (nSPS) is 23.1. The minimum Gasteiger partial charge on any atom is -0.386 e. The number of nitrogens with one attached hydrogen (secondary N) is 2. The second-order valence-electron chi connectivity index (χ2n) is 11.9. The molecule has 1 saturated heterocycles. The molecular formula is C24H40N7O18P3S. The Morgan fingerprint density at radius 3 is 2.38 bits per heavy atom. The van der Waals surface area contributed by atoms with Crippen LogP contribution in [0.4, 0.5) is 5.82 Å². The number of amides is 2. The topological polar surface area (TPSA) is 381 Å². The highest BCUT2D eigenvalue weighted by Crippen LogP contribution is 2.61. The van der Waals surface area contributed by atoms with Gasteiger partial charge < -0.3 is 50.9 Å². The van der Waals surface area contributed by atoms with Crippen molar-refractivity contribution in [2.24, 2.45) is 5.41 Å². The van der Waals surface area contributed by atoms with Crippen molar-refractivity contribution < 1.29 is 85.3 Å². The van der Waals surface area contributed by atoms with Gasteiger partial charge in [-0.05, 0) is 0 Å². The molecule has 0 aromatic carbocycles. The van der Waals surface area contributed by atoms with E-state index in [1.165, 1.54) is 20.8 Å². The molecule has 10 N–H and O–H groups in total. The molecule has 3 rings (SSSR count). The third-order valence-corrected chi connectivity index (χ3v) is 12.2. The van der Waals surface area contributed by atoms with Crippen LogP contribution >= 0.6 is 34.4 Å². The first-order valence-electron chi connectivity index (χ1n) is 15.1. The molecule has 1 fully saturated rings. The Hall–Kier alpha value is -2.77. The zero-order valence-corrected chi connectivity index (χ0v) is 31.7. The van der Waals surface area contributed by atoms with Crippen molar-refractivity contribution in [3.8, 4) is 0 Å². The molecule has 2 aromatic heterocycles. The van der Waals surface area contributed by atoms with Gasteiger partial charge in [0, 0.05) is 37.6 Å². The number of phosphoric acid groups is 3. The van der Waals surface area contributed by atoms with Gasteiger partial charge in [-0.1, -0.05) is 13.8 Å². The van der Waals surface area contributed by atoms with Crippen molar-refractivity contribution >= 4 is 73.9 Å². The number of fused-ring (bicyclic) bond motifs is 1. The van der Waals surface area contributed by atoms with Crippen molar-refractivity contribution in [1.29, 1.82) is 0 Å². The quantitative estimate of drug-likeness (QED) is 0.0397. The molecule has 0 radical (unpaired) electrons. The second kappa shape index (κ2) is 18.2. The first-order valence-corrected chi connectivity index (χ1v) is 21.2. The number of thiol groups is 1. The Balaban J connectivity index is 1.54. The zero-order valence-electron chi connectivity index (χ0n) is 28.1. The van der Waals surface area contributed by atoms with E-state index in [9.17, 15) is 62.7 Å². The fourth-order valence-electron chi connectivity index (χ4n) is 4.54. The van der Waals surface area contributed by atoms with E-state index in [2.05, 4.69) is 34.4 Å². The molecule has 0 saturated carbocycles. The summed E-state index contributed by atoms with van der Waals surface area (Å²) in [4.78, 5) is 97.4. The number of aliphatic hydroxyl groups is 2. The number of nitrogens with two attached hydrogens (primary N) is 1. The summed E-state index contributed by atoms with van der Waals surface area (Å²) in [6.07, 6.45) is -7.05. The minimum absolute atomic E-state index is 0.0233. The summed E-state index contributed by atoms with van der Waals surface area (Å²) in [5, 5.41) is 25.8. The average Bonchev–Trinajstić information content (AvgIpc) is 3.60. The monoisotopic (exact) mass is 839 g/mol. The highest BCUT2D eigenvalue weighted by atomic mass is 32.2. The summed E-state index contributed by atoms with van der Waals surface area (Å²) in [6, 6.07) is 0. The summed E-state index contributed by atoms with van der Waals surface area (Å²) in [5.41, 5.74) is 4.75. The summed E-state index contributed by atoms with van der Waals surface area (Å²) in [7, 11) is -17.9. The van der Waals surface area contributed by atoms with Crippen LogP contribution in [0.5, 0.6) is 0 Å². The van der Waals surface area contributed by atoms with E-state index < -0.39 is 95.4 Å². The molecule has 2 aromatic rings. The smallest absolute Gasteiger partial charge is 0.386 e. The SMILES string of the molecule is CC(=O)[SH](C=O)CCNC(=O)CCNC(=O)C(O)C(C)(C)COP(=O)(O)OP(=O)(O)OC[C@H]1O[C@@H](n2cnc3c(N)ncnc32)[C@H](O)[C@@H]1OP(=O)(O)O. The number of nitrogen functional groups attached to an aromatic ring is 1. The van der Waals surface area contributed by atoms with Crippen LogP contribution in [0.1, 0.15) is 33.4 Å². The lowest BCUT2D eigenvalue weighted by Crippen LogP contribution is -2.46. The maximum atomic E-state index is 12.6. The number of hydrogen-bond donors (Lipinski definition) is 10. The van der Waals surface area contributed by atoms with Crippen LogP contribution in [0.25, 0.3) is 11.2 Å². The van der Waals surface area contributed by atoms with Gasteiger partial charge in [0.05, 0.1) is 19.5 Å². The number of anilines is 1. The number of ether oxygens (including phenoxy) is 1. The van der Waals surface area contributed by atoms with E-state index in [-0.39, 0.29) is 47.4 Å². The number of hydrogen-bond acceptors (Lipinski definition) is 18. The minimum atomic E-state index is -5.58. The molecular weight excluding hydrogens is 799 g/mol. The van der Waals surface area contributed by atoms with Crippen molar-refractivity contribution in [3.05, 3.63) is 12.7 Å². The molecule has 4 unspecified atom stereocenters. The number of aliphatic hydroxyl groups excluding tert-OH is 2. The molecule has 0 aliphatic carbocycles. The first kappa shape index (κ1) is 44.6. The van der Waals surface area contributed by atoms with E-state index in [1.54, 1.807) is 0 Å². The van der Waals surface area contributed by atoms with Crippen LogP contribution in [0.2, 0.25) is 0 Å². The lowest BCUT2D eigenvalue weighted by molar-refractivity contribution is -0.137. The Morgan fingerprint density at radius 1 is 1.09 bits per heavy atom. The van der Waals surface area contributed by atoms with Gasteiger partial charge in [-0.25, -0.2) is 28.6 Å².